The molecule has 2 atom stereocenters. The Hall–Kier alpha value is -1.72. The average molecular weight is 461 g/mol. The van der Waals surface area contributed by atoms with Crippen LogP contribution in [0.2, 0.25) is 5.02 Å². The lowest BCUT2D eigenvalue weighted by Gasteiger charge is -2.37. The molecule has 11 heteroatoms. The minimum atomic E-state index is -3.82. The number of thiophene rings is 1. The quantitative estimate of drug-likeness (QED) is 0.658. The van der Waals surface area contributed by atoms with Crippen LogP contribution in [0, 0.1) is 0 Å². The Bertz CT molecular complexity index is 997. The minimum absolute atomic E-state index is 0.0117. The molecule has 2 heterocycles. The van der Waals surface area contributed by atoms with Crippen LogP contribution in [-0.2, 0) is 29.1 Å². The highest BCUT2D eigenvalue weighted by Gasteiger charge is 2.37. The monoisotopic (exact) mass is 460 g/mol. The van der Waals surface area contributed by atoms with Crippen molar-refractivity contribution in [2.24, 2.45) is 0 Å². The number of sulfonamides is 1. The van der Waals surface area contributed by atoms with E-state index in [1.54, 1.807) is 24.3 Å². The summed E-state index contributed by atoms with van der Waals surface area (Å²) in [6.07, 6.45) is -0.0234. The second kappa shape index (κ2) is 8.97. The van der Waals surface area contributed by atoms with Crippen LogP contribution in [-0.4, -0.2) is 64.1 Å². The molecule has 0 radical (unpaired) electrons. The van der Waals surface area contributed by atoms with Gasteiger partial charge in [0.05, 0.1) is 27.1 Å². The molecule has 29 heavy (non-hydrogen) atoms. The van der Waals surface area contributed by atoms with E-state index in [2.05, 4.69) is 5.32 Å². The first-order valence-corrected chi connectivity index (χ1v) is 11.5. The van der Waals surface area contributed by atoms with E-state index >= 15 is 0 Å². The summed E-state index contributed by atoms with van der Waals surface area (Å²) in [7, 11) is -1.28. The molecule has 158 valence electrons. The molecule has 1 aromatic carbocycles. The highest BCUT2D eigenvalue weighted by atomic mass is 35.5. The predicted molar refractivity (Wildman–Crippen MR) is 110 cm³/mol. The maximum atomic E-state index is 13.3. The number of carbonyl (C=O) groups excluding carboxylic acids is 2. The summed E-state index contributed by atoms with van der Waals surface area (Å²) >= 11 is 7.14. The van der Waals surface area contributed by atoms with Gasteiger partial charge in [-0.05, 0) is 23.6 Å². The molecular weight excluding hydrogens is 440 g/mol. The van der Waals surface area contributed by atoms with Crippen LogP contribution in [0.1, 0.15) is 12.8 Å². The molecule has 8 nitrogen and oxygen atoms in total. The van der Waals surface area contributed by atoms with Gasteiger partial charge < -0.3 is 14.8 Å². The number of hydrogen-bond donors (Lipinski definition) is 1. The van der Waals surface area contributed by atoms with E-state index in [1.165, 1.54) is 18.5 Å². The van der Waals surface area contributed by atoms with Gasteiger partial charge in [0.15, 0.2) is 0 Å². The van der Waals surface area contributed by atoms with Crippen LogP contribution in [0.15, 0.2) is 28.5 Å². The number of methoxy groups -OCH3 is 2. The number of nitrogens with zero attached hydrogens (tertiary/aromatic N) is 1. The molecule has 1 aromatic heterocycles. The topological polar surface area (TPSA) is 102 Å². The first-order valence-electron chi connectivity index (χ1n) is 8.82. The Labute approximate surface area is 177 Å². The number of hydrogen-bond acceptors (Lipinski definition) is 8. The van der Waals surface area contributed by atoms with Gasteiger partial charge in [-0.2, -0.15) is 4.31 Å². The van der Waals surface area contributed by atoms with E-state index in [0.717, 1.165) is 21.4 Å². The van der Waals surface area contributed by atoms with Gasteiger partial charge in [-0.3, -0.25) is 9.59 Å². The summed E-state index contributed by atoms with van der Waals surface area (Å²) in [5.41, 5.74) is 0. The van der Waals surface area contributed by atoms with Crippen LogP contribution in [0.25, 0.3) is 10.1 Å². The van der Waals surface area contributed by atoms with E-state index in [-0.39, 0.29) is 30.1 Å². The molecule has 1 N–H and O–H groups in total. The molecule has 2 aromatic rings. The third kappa shape index (κ3) is 5.07. The zero-order valence-electron chi connectivity index (χ0n) is 15.9. The van der Waals surface area contributed by atoms with Gasteiger partial charge in [0, 0.05) is 34.9 Å². The number of halogens is 1. The van der Waals surface area contributed by atoms with Crippen LogP contribution in [0.5, 0.6) is 0 Å². The van der Waals surface area contributed by atoms with Crippen molar-refractivity contribution in [1.82, 2.24) is 9.62 Å². The molecule has 0 amide bonds. The zero-order chi connectivity index (χ0) is 21.2. The smallest absolute Gasteiger partial charge is 0.307 e. The van der Waals surface area contributed by atoms with Gasteiger partial charge in [-0.1, -0.05) is 17.7 Å². The molecule has 0 bridgehead atoms. The standard InChI is InChI=1S/C18H21ClN2O6S2/c1-26-16(22)7-13-9-21(10-14(20-13)8-17(23)27-2)29(24,25)18-5-11-3-4-12(19)6-15(11)28-18/h3-6,13-14,20H,7-10H2,1-2H3. The second-order valence-corrected chi connectivity index (χ2v) is 10.4. The van der Waals surface area contributed by atoms with Crippen LogP contribution in [0.4, 0.5) is 0 Å². The first-order chi connectivity index (χ1) is 13.7. The Morgan fingerprint density at radius 2 is 1.72 bits per heavy atom. The van der Waals surface area contributed by atoms with Crippen molar-refractivity contribution in [3.8, 4) is 0 Å². The lowest BCUT2D eigenvalue weighted by Crippen LogP contribution is -2.58. The van der Waals surface area contributed by atoms with Gasteiger partial charge in [0.1, 0.15) is 4.21 Å². The number of carbonyl (C=O) groups is 2. The molecule has 1 saturated heterocycles. The number of esters is 2. The molecule has 1 aliphatic heterocycles. The summed E-state index contributed by atoms with van der Waals surface area (Å²) in [6, 6.07) is 5.84. The number of benzene rings is 1. The fourth-order valence-electron chi connectivity index (χ4n) is 3.25. The number of nitrogens with one attached hydrogen (secondary N) is 1. The van der Waals surface area contributed by atoms with Crippen LogP contribution in [0.3, 0.4) is 0 Å². The largest absolute Gasteiger partial charge is 0.469 e. The third-order valence-corrected chi connectivity index (χ3v) is 8.27. The summed E-state index contributed by atoms with van der Waals surface area (Å²) in [5.74, 6) is -0.926. The number of ether oxygens (including phenoxy) is 2. The van der Waals surface area contributed by atoms with Crippen molar-refractivity contribution in [2.75, 3.05) is 27.3 Å². The van der Waals surface area contributed by atoms with Crippen molar-refractivity contribution in [3.05, 3.63) is 29.3 Å². The Morgan fingerprint density at radius 1 is 1.14 bits per heavy atom. The molecule has 1 aliphatic rings. The SMILES string of the molecule is COC(=O)CC1CN(S(=O)(=O)c2cc3ccc(Cl)cc3s2)CC(CC(=O)OC)N1. The first kappa shape index (κ1) is 22.0. The molecule has 0 spiro atoms. The highest BCUT2D eigenvalue weighted by Crippen LogP contribution is 2.33. The van der Waals surface area contributed by atoms with Gasteiger partial charge >= 0.3 is 11.9 Å². The average Bonchev–Trinajstić information content (AvgIpc) is 3.11. The number of fused-ring (bicyclic) bond motifs is 1. The van der Waals surface area contributed by atoms with Crippen molar-refractivity contribution < 1.29 is 27.5 Å². The van der Waals surface area contributed by atoms with Gasteiger partial charge in [-0.25, -0.2) is 8.42 Å². The van der Waals surface area contributed by atoms with Crippen LogP contribution < -0.4 is 5.32 Å². The maximum absolute atomic E-state index is 13.3. The van der Waals surface area contributed by atoms with Crippen molar-refractivity contribution in [2.45, 2.75) is 29.1 Å². The molecular formula is C18H21ClN2O6S2. The van der Waals surface area contributed by atoms with Crippen molar-refractivity contribution >= 4 is 55.0 Å². The van der Waals surface area contributed by atoms with Crippen molar-refractivity contribution in [1.29, 1.82) is 0 Å². The van der Waals surface area contributed by atoms with Gasteiger partial charge in [0.2, 0.25) is 0 Å². The van der Waals surface area contributed by atoms with E-state index in [0.29, 0.717) is 5.02 Å². The van der Waals surface area contributed by atoms with Crippen molar-refractivity contribution in [3.63, 3.8) is 0 Å². The van der Waals surface area contributed by atoms with E-state index in [1.807, 2.05) is 0 Å². The lowest BCUT2D eigenvalue weighted by molar-refractivity contribution is -0.141. The minimum Gasteiger partial charge on any atom is -0.469 e. The number of rotatable bonds is 6. The summed E-state index contributed by atoms with van der Waals surface area (Å²) in [6.45, 7) is 0.175. The predicted octanol–water partition coefficient (Wildman–Crippen LogP) is 2.01. The zero-order valence-corrected chi connectivity index (χ0v) is 18.3. The molecule has 0 aliphatic carbocycles. The Balaban J connectivity index is 1.89. The lowest BCUT2D eigenvalue weighted by atomic mass is 10.1. The molecule has 3 rings (SSSR count). The second-order valence-electron chi connectivity index (χ2n) is 6.69. The number of piperazine rings is 1. The summed E-state index contributed by atoms with van der Waals surface area (Å²) in [4.78, 5) is 23.4. The third-order valence-electron chi connectivity index (χ3n) is 4.65. The Kier molecular flexibility index (Phi) is 6.79. The summed E-state index contributed by atoms with van der Waals surface area (Å²) in [5, 5.41) is 4.46. The maximum Gasteiger partial charge on any atom is 0.307 e. The van der Waals surface area contributed by atoms with Gasteiger partial charge in [-0.15, -0.1) is 11.3 Å². The van der Waals surface area contributed by atoms with E-state index in [9.17, 15) is 18.0 Å². The molecule has 0 saturated carbocycles. The fourth-order valence-corrected chi connectivity index (χ4v) is 6.61. The van der Waals surface area contributed by atoms with E-state index < -0.39 is 34.0 Å². The fraction of sp³-hybridized carbons (Fsp3) is 0.444. The highest BCUT2D eigenvalue weighted by molar-refractivity contribution is 7.91. The van der Waals surface area contributed by atoms with Crippen LogP contribution >= 0.6 is 22.9 Å². The summed E-state index contributed by atoms with van der Waals surface area (Å²) < 4.78 is 38.2. The molecule has 2 unspecified atom stereocenters. The normalized spacial score (nSPS) is 20.5. The molecule has 1 fully saturated rings. The van der Waals surface area contributed by atoms with E-state index in [4.69, 9.17) is 21.1 Å². The van der Waals surface area contributed by atoms with Gasteiger partial charge in [0.25, 0.3) is 10.0 Å². The Morgan fingerprint density at radius 3 is 2.28 bits per heavy atom.